The first kappa shape index (κ1) is 23.5. The lowest BCUT2D eigenvalue weighted by molar-refractivity contribution is -0.119. The van der Waals surface area contributed by atoms with Crippen LogP contribution in [0.4, 0.5) is 34.6 Å². The van der Waals surface area contributed by atoms with E-state index in [1.807, 2.05) is 49.8 Å². The van der Waals surface area contributed by atoms with Gasteiger partial charge in [0.2, 0.25) is 11.9 Å². The van der Waals surface area contributed by atoms with E-state index in [2.05, 4.69) is 71.3 Å². The van der Waals surface area contributed by atoms with Gasteiger partial charge in [0.05, 0.1) is 22.6 Å². The lowest BCUT2D eigenvalue weighted by Gasteiger charge is -2.42. The Balaban J connectivity index is 1.61. The predicted molar refractivity (Wildman–Crippen MR) is 137 cm³/mol. The van der Waals surface area contributed by atoms with Crippen LogP contribution in [0.5, 0.6) is 0 Å². The summed E-state index contributed by atoms with van der Waals surface area (Å²) in [4.78, 5) is 25.6. The summed E-state index contributed by atoms with van der Waals surface area (Å²) in [6.07, 6.45) is 1.72. The third-order valence-corrected chi connectivity index (χ3v) is 5.91. The summed E-state index contributed by atoms with van der Waals surface area (Å²) in [5.41, 5.74) is 3.53. The first-order valence-electron chi connectivity index (χ1n) is 11.6. The maximum Gasteiger partial charge on any atom is 0.249 e. The Morgan fingerprint density at radius 2 is 1.79 bits per heavy atom. The van der Waals surface area contributed by atoms with Crippen molar-refractivity contribution in [3.8, 4) is 0 Å². The van der Waals surface area contributed by atoms with Crippen LogP contribution in [-0.4, -0.2) is 44.8 Å². The van der Waals surface area contributed by atoms with E-state index in [-0.39, 0.29) is 23.5 Å². The van der Waals surface area contributed by atoms with Gasteiger partial charge in [-0.05, 0) is 72.7 Å². The van der Waals surface area contributed by atoms with Crippen LogP contribution < -0.4 is 20.4 Å². The number of carbonyl (C=O) groups is 1. The van der Waals surface area contributed by atoms with Crippen LogP contribution in [0.25, 0.3) is 0 Å². The molecule has 0 saturated carbocycles. The lowest BCUT2D eigenvalue weighted by Crippen LogP contribution is -2.53. The zero-order valence-electron chi connectivity index (χ0n) is 21.2. The molecule has 1 atom stereocenters. The maximum absolute atomic E-state index is 12.7. The summed E-state index contributed by atoms with van der Waals surface area (Å²) in [7, 11) is 1.82. The predicted octanol–water partition coefficient (Wildman–Crippen LogP) is 4.80. The van der Waals surface area contributed by atoms with Crippen LogP contribution >= 0.6 is 0 Å². The first-order valence-corrected chi connectivity index (χ1v) is 11.6. The molecule has 1 amide bonds. The van der Waals surface area contributed by atoms with Crippen molar-refractivity contribution in [3.63, 3.8) is 0 Å². The van der Waals surface area contributed by atoms with Crippen molar-refractivity contribution in [2.24, 2.45) is 0 Å². The summed E-state index contributed by atoms with van der Waals surface area (Å²) < 4.78 is 1.96. The lowest BCUT2D eigenvalue weighted by atomic mass is 10.0. The summed E-state index contributed by atoms with van der Waals surface area (Å²) >= 11 is 0. The average Bonchev–Trinajstić information content (AvgIpc) is 3.13. The van der Waals surface area contributed by atoms with Gasteiger partial charge in [-0.3, -0.25) is 4.79 Å². The number of hydrogen-bond acceptors (Lipinski definition) is 7. The summed E-state index contributed by atoms with van der Waals surface area (Å²) in [6.45, 7) is 14.5. The van der Waals surface area contributed by atoms with E-state index in [4.69, 9.17) is 0 Å². The minimum atomic E-state index is -0.229. The Kier molecular flexibility index (Phi) is 5.97. The first-order chi connectivity index (χ1) is 16.0. The van der Waals surface area contributed by atoms with Gasteiger partial charge in [-0.1, -0.05) is 0 Å². The van der Waals surface area contributed by atoms with Gasteiger partial charge in [-0.25, -0.2) is 9.67 Å². The van der Waals surface area contributed by atoms with Crippen LogP contribution in [0.2, 0.25) is 0 Å². The standard InChI is InChI=1S/C25H34N8O/c1-15(2)32-17(4)23(34)31(8)19-10-9-18(14-20(19)32)27-24-26-12-11-21(29-24)28-22-13-16(3)30-33(22)25(5,6)7/h9-15,17H,1-8H3,(H2,26,27,28,29). The molecule has 0 bridgehead atoms. The summed E-state index contributed by atoms with van der Waals surface area (Å²) in [5, 5.41) is 11.3. The second kappa shape index (κ2) is 8.62. The minimum Gasteiger partial charge on any atom is -0.356 e. The SMILES string of the molecule is Cc1cc(Nc2ccnc(Nc3ccc4c(c3)N(C(C)C)C(C)C(=O)N4C)n2)n(C(C)(C)C)n1. The molecule has 180 valence electrons. The van der Waals surface area contributed by atoms with E-state index in [0.29, 0.717) is 11.8 Å². The number of benzene rings is 1. The van der Waals surface area contributed by atoms with Crippen LogP contribution in [-0.2, 0) is 10.3 Å². The summed E-state index contributed by atoms with van der Waals surface area (Å²) in [5.74, 6) is 2.11. The van der Waals surface area contributed by atoms with Gasteiger partial charge in [0.15, 0.2) is 0 Å². The second-order valence-corrected chi connectivity index (χ2v) is 10.0. The molecule has 2 aromatic heterocycles. The highest BCUT2D eigenvalue weighted by Crippen LogP contribution is 2.39. The van der Waals surface area contributed by atoms with E-state index >= 15 is 0 Å². The number of likely N-dealkylation sites (N-methyl/N-ethyl adjacent to an activating group) is 1. The van der Waals surface area contributed by atoms with E-state index < -0.39 is 0 Å². The third-order valence-electron chi connectivity index (χ3n) is 5.91. The van der Waals surface area contributed by atoms with Crippen molar-refractivity contribution in [1.82, 2.24) is 19.7 Å². The largest absolute Gasteiger partial charge is 0.356 e. The molecule has 2 N–H and O–H groups in total. The highest BCUT2D eigenvalue weighted by molar-refractivity contribution is 6.05. The smallest absolute Gasteiger partial charge is 0.249 e. The number of fused-ring (bicyclic) bond motifs is 1. The molecule has 0 fully saturated rings. The molecular weight excluding hydrogens is 428 g/mol. The molecule has 0 saturated heterocycles. The highest BCUT2D eigenvalue weighted by atomic mass is 16.2. The zero-order chi connectivity index (χ0) is 24.8. The van der Waals surface area contributed by atoms with Gasteiger partial charge in [-0.15, -0.1) is 0 Å². The van der Waals surface area contributed by atoms with E-state index in [9.17, 15) is 4.79 Å². The molecule has 34 heavy (non-hydrogen) atoms. The number of hydrogen-bond donors (Lipinski definition) is 2. The quantitative estimate of drug-likeness (QED) is 0.562. The van der Waals surface area contributed by atoms with Gasteiger partial charge in [-0.2, -0.15) is 10.1 Å². The van der Waals surface area contributed by atoms with Gasteiger partial charge < -0.3 is 20.4 Å². The fraction of sp³-hybridized carbons (Fsp3) is 0.440. The molecule has 1 aromatic carbocycles. The Hall–Kier alpha value is -3.62. The van der Waals surface area contributed by atoms with Gasteiger partial charge >= 0.3 is 0 Å². The number of nitrogens with zero attached hydrogens (tertiary/aromatic N) is 6. The molecular formula is C25H34N8O. The molecule has 0 aliphatic carbocycles. The molecule has 3 heterocycles. The van der Waals surface area contributed by atoms with Crippen molar-refractivity contribution in [2.75, 3.05) is 27.5 Å². The fourth-order valence-corrected chi connectivity index (χ4v) is 4.39. The number of anilines is 6. The highest BCUT2D eigenvalue weighted by Gasteiger charge is 2.35. The van der Waals surface area contributed by atoms with Crippen molar-refractivity contribution in [1.29, 1.82) is 0 Å². The summed E-state index contributed by atoms with van der Waals surface area (Å²) in [6, 6.07) is 9.74. The Bertz CT molecular complexity index is 1210. The Morgan fingerprint density at radius 1 is 1.06 bits per heavy atom. The maximum atomic E-state index is 12.7. The second-order valence-electron chi connectivity index (χ2n) is 10.0. The van der Waals surface area contributed by atoms with E-state index in [0.717, 1.165) is 28.6 Å². The third kappa shape index (κ3) is 4.42. The molecule has 1 aliphatic rings. The Morgan fingerprint density at radius 3 is 2.47 bits per heavy atom. The van der Waals surface area contributed by atoms with Crippen LogP contribution in [0.3, 0.4) is 0 Å². The van der Waals surface area contributed by atoms with Crippen LogP contribution in [0.1, 0.15) is 47.2 Å². The zero-order valence-corrected chi connectivity index (χ0v) is 21.2. The van der Waals surface area contributed by atoms with Gasteiger partial charge in [0.25, 0.3) is 0 Å². The number of amides is 1. The van der Waals surface area contributed by atoms with Crippen molar-refractivity contribution < 1.29 is 4.79 Å². The van der Waals surface area contributed by atoms with E-state index in [1.165, 1.54) is 0 Å². The monoisotopic (exact) mass is 462 g/mol. The molecule has 0 radical (unpaired) electrons. The van der Waals surface area contributed by atoms with Crippen molar-refractivity contribution in [3.05, 3.63) is 42.2 Å². The topological polar surface area (TPSA) is 91.2 Å². The number of carbonyl (C=O) groups excluding carboxylic acids is 1. The van der Waals surface area contributed by atoms with Crippen molar-refractivity contribution >= 4 is 40.6 Å². The number of rotatable bonds is 5. The average molecular weight is 463 g/mol. The van der Waals surface area contributed by atoms with E-state index in [1.54, 1.807) is 11.1 Å². The van der Waals surface area contributed by atoms with Gasteiger partial charge in [0, 0.05) is 31.0 Å². The fourth-order valence-electron chi connectivity index (χ4n) is 4.39. The number of aryl methyl sites for hydroxylation is 1. The van der Waals surface area contributed by atoms with Crippen LogP contribution in [0, 0.1) is 6.92 Å². The normalized spacial score (nSPS) is 16.1. The molecule has 1 aliphatic heterocycles. The molecule has 4 rings (SSSR count). The van der Waals surface area contributed by atoms with Crippen LogP contribution in [0.15, 0.2) is 36.5 Å². The van der Waals surface area contributed by atoms with Crippen molar-refractivity contribution in [2.45, 2.75) is 66.1 Å². The molecule has 3 aromatic rings. The molecule has 9 nitrogen and oxygen atoms in total. The number of aromatic nitrogens is 4. The molecule has 9 heteroatoms. The van der Waals surface area contributed by atoms with Gasteiger partial charge in [0.1, 0.15) is 17.7 Å². The minimum absolute atomic E-state index is 0.0914. The molecule has 1 unspecified atom stereocenters. The Labute approximate surface area is 201 Å². The number of nitrogens with one attached hydrogen (secondary N) is 2. The molecule has 0 spiro atoms.